The van der Waals surface area contributed by atoms with E-state index in [1.54, 1.807) is 6.07 Å². The van der Waals surface area contributed by atoms with Crippen LogP contribution in [0, 0.1) is 9.39 Å². The first-order valence-electron chi connectivity index (χ1n) is 6.35. The van der Waals surface area contributed by atoms with Gasteiger partial charge in [0.25, 0.3) is 0 Å². The van der Waals surface area contributed by atoms with E-state index in [0.29, 0.717) is 20.6 Å². The molecule has 0 radical (unpaired) electrons. The number of fused-ring (bicyclic) bond motifs is 1. The lowest BCUT2D eigenvalue weighted by molar-refractivity contribution is 0.618. The van der Waals surface area contributed by atoms with Crippen molar-refractivity contribution in [2.24, 2.45) is 0 Å². The maximum Gasteiger partial charge on any atom is 0.201 e. The summed E-state index contributed by atoms with van der Waals surface area (Å²) in [7, 11) is 0. The van der Waals surface area contributed by atoms with Crippen LogP contribution in [0.25, 0.3) is 11.0 Å². The van der Waals surface area contributed by atoms with E-state index in [9.17, 15) is 4.39 Å². The predicted octanol–water partition coefficient (Wildman–Crippen LogP) is 4.73. The molecule has 3 rings (SSSR count). The third-order valence-electron chi connectivity index (χ3n) is 3.48. The number of rotatable bonds is 2. The van der Waals surface area contributed by atoms with Crippen LogP contribution in [-0.2, 0) is 0 Å². The van der Waals surface area contributed by atoms with E-state index in [-0.39, 0.29) is 11.9 Å². The number of halogens is 3. The highest BCUT2D eigenvalue weighted by Crippen LogP contribution is 2.30. The second-order valence-corrected chi connectivity index (χ2v) is 6.90. The smallest absolute Gasteiger partial charge is 0.201 e. The van der Waals surface area contributed by atoms with E-state index < -0.39 is 0 Å². The van der Waals surface area contributed by atoms with Gasteiger partial charge in [-0.05, 0) is 53.3 Å². The molecule has 1 heterocycles. The number of hydrogen-bond donors (Lipinski definition) is 1. The third-order valence-corrected chi connectivity index (χ3v) is 4.80. The molecule has 2 N–H and O–H groups in total. The van der Waals surface area contributed by atoms with Crippen molar-refractivity contribution < 1.29 is 4.39 Å². The molecule has 0 bridgehead atoms. The molecule has 0 saturated heterocycles. The number of nitrogen functional groups attached to an aromatic ring is 1. The number of imidazole rings is 1. The molecule has 0 aliphatic carbocycles. The molecule has 6 heteroatoms. The lowest BCUT2D eigenvalue weighted by atomic mass is 10.1. The van der Waals surface area contributed by atoms with Crippen molar-refractivity contribution in [1.29, 1.82) is 0 Å². The van der Waals surface area contributed by atoms with Gasteiger partial charge >= 0.3 is 0 Å². The fourth-order valence-electron chi connectivity index (χ4n) is 2.43. The Balaban J connectivity index is 2.19. The van der Waals surface area contributed by atoms with E-state index >= 15 is 0 Å². The molecule has 2 aromatic carbocycles. The van der Waals surface area contributed by atoms with E-state index in [0.717, 1.165) is 10.0 Å². The van der Waals surface area contributed by atoms with Crippen molar-refractivity contribution >= 4 is 55.5 Å². The number of nitrogens with two attached hydrogens (primary N) is 1. The summed E-state index contributed by atoms with van der Waals surface area (Å²) in [6, 6.07) is 11.2. The number of nitrogens with zero attached hydrogens (tertiary/aromatic N) is 2. The summed E-state index contributed by atoms with van der Waals surface area (Å²) in [4.78, 5) is 4.34. The summed E-state index contributed by atoms with van der Waals surface area (Å²) in [6.45, 7) is 2.02. The van der Waals surface area contributed by atoms with Crippen LogP contribution in [0.2, 0.25) is 0 Å². The largest absolute Gasteiger partial charge is 0.369 e. The Hall–Kier alpha value is -1.15. The average molecular weight is 460 g/mol. The van der Waals surface area contributed by atoms with Crippen LogP contribution in [0.15, 0.2) is 40.9 Å². The summed E-state index contributed by atoms with van der Waals surface area (Å²) in [5, 5.41) is 0. The average Bonchev–Trinajstić information content (AvgIpc) is 2.74. The van der Waals surface area contributed by atoms with Gasteiger partial charge in [-0.15, -0.1) is 0 Å². The predicted molar refractivity (Wildman–Crippen MR) is 94.8 cm³/mol. The lowest BCUT2D eigenvalue weighted by Gasteiger charge is -2.17. The molecule has 3 aromatic rings. The Morgan fingerprint density at radius 1 is 1.33 bits per heavy atom. The molecule has 1 unspecified atom stereocenters. The molecule has 0 spiro atoms. The molecule has 1 aromatic heterocycles. The normalized spacial score (nSPS) is 12.8. The molecule has 1 atom stereocenters. The Kier molecular flexibility index (Phi) is 3.92. The van der Waals surface area contributed by atoms with Crippen LogP contribution in [0.4, 0.5) is 10.3 Å². The first-order chi connectivity index (χ1) is 9.97. The summed E-state index contributed by atoms with van der Waals surface area (Å²) in [6.07, 6.45) is 0. The molecule has 0 fully saturated rings. The highest BCUT2D eigenvalue weighted by atomic mass is 127. The number of benzene rings is 2. The van der Waals surface area contributed by atoms with Crippen molar-refractivity contribution in [2.75, 3.05) is 5.73 Å². The van der Waals surface area contributed by atoms with Crippen molar-refractivity contribution in [3.63, 3.8) is 0 Å². The van der Waals surface area contributed by atoms with Gasteiger partial charge in [0.05, 0.1) is 20.6 Å². The Bertz CT molecular complexity index is 831. The standard InChI is InChI=1S/C15H12BrFIN3/c1-8(9-3-2-4-10(16)5-9)21-14-6-11(17)12(18)7-13(14)20-15(21)19/h2-8H,1H3,(H2,19,20). The maximum absolute atomic E-state index is 13.9. The molecular formula is C15H12BrFIN3. The minimum Gasteiger partial charge on any atom is -0.369 e. The van der Waals surface area contributed by atoms with Crippen LogP contribution in [0.3, 0.4) is 0 Å². The van der Waals surface area contributed by atoms with E-state index in [1.165, 1.54) is 6.07 Å². The van der Waals surface area contributed by atoms with Gasteiger partial charge in [0.1, 0.15) is 5.82 Å². The van der Waals surface area contributed by atoms with Gasteiger partial charge in [0.2, 0.25) is 5.95 Å². The van der Waals surface area contributed by atoms with Crippen molar-refractivity contribution in [1.82, 2.24) is 9.55 Å². The zero-order chi connectivity index (χ0) is 15.1. The SMILES string of the molecule is CC(c1cccc(Br)c1)n1c(N)nc2cc(I)c(F)cc21. The van der Waals surface area contributed by atoms with E-state index in [1.807, 2.05) is 58.3 Å². The zero-order valence-electron chi connectivity index (χ0n) is 11.1. The fraction of sp³-hybridized carbons (Fsp3) is 0.133. The van der Waals surface area contributed by atoms with Gasteiger partial charge in [0.15, 0.2) is 0 Å². The summed E-state index contributed by atoms with van der Waals surface area (Å²) < 4.78 is 17.3. The van der Waals surface area contributed by atoms with Gasteiger partial charge < -0.3 is 10.3 Å². The van der Waals surface area contributed by atoms with Crippen LogP contribution in [0.5, 0.6) is 0 Å². The first-order valence-corrected chi connectivity index (χ1v) is 8.22. The zero-order valence-corrected chi connectivity index (χ0v) is 14.9. The van der Waals surface area contributed by atoms with Crippen LogP contribution >= 0.6 is 38.5 Å². The summed E-state index contributed by atoms with van der Waals surface area (Å²) in [5.41, 5.74) is 8.54. The molecule has 108 valence electrons. The van der Waals surface area contributed by atoms with Gasteiger partial charge in [-0.1, -0.05) is 28.1 Å². The van der Waals surface area contributed by atoms with Gasteiger partial charge in [-0.2, -0.15) is 0 Å². The summed E-state index contributed by atoms with van der Waals surface area (Å²) >= 11 is 5.42. The van der Waals surface area contributed by atoms with Crippen molar-refractivity contribution in [3.8, 4) is 0 Å². The quantitative estimate of drug-likeness (QED) is 0.563. The van der Waals surface area contributed by atoms with Crippen LogP contribution in [0.1, 0.15) is 18.5 Å². The van der Waals surface area contributed by atoms with Crippen LogP contribution < -0.4 is 5.73 Å². The minimum atomic E-state index is -0.259. The van der Waals surface area contributed by atoms with Crippen LogP contribution in [-0.4, -0.2) is 9.55 Å². The minimum absolute atomic E-state index is 0.0352. The van der Waals surface area contributed by atoms with E-state index in [2.05, 4.69) is 20.9 Å². The molecule has 0 aliphatic rings. The Labute approximate surface area is 143 Å². The molecule has 0 saturated carbocycles. The monoisotopic (exact) mass is 459 g/mol. The molecule has 0 amide bonds. The maximum atomic E-state index is 13.9. The summed E-state index contributed by atoms with van der Waals surface area (Å²) in [5.74, 6) is 0.129. The number of anilines is 1. The Morgan fingerprint density at radius 3 is 2.81 bits per heavy atom. The highest BCUT2D eigenvalue weighted by Gasteiger charge is 2.17. The fourth-order valence-corrected chi connectivity index (χ4v) is 3.30. The third kappa shape index (κ3) is 2.66. The second kappa shape index (κ2) is 5.57. The van der Waals surface area contributed by atoms with Crippen molar-refractivity contribution in [2.45, 2.75) is 13.0 Å². The number of aromatic nitrogens is 2. The van der Waals surface area contributed by atoms with Gasteiger partial charge in [0, 0.05) is 10.5 Å². The molecule has 3 nitrogen and oxygen atoms in total. The lowest BCUT2D eigenvalue weighted by Crippen LogP contribution is -2.10. The van der Waals surface area contributed by atoms with Crippen molar-refractivity contribution in [3.05, 3.63) is 55.8 Å². The second-order valence-electron chi connectivity index (χ2n) is 4.83. The Morgan fingerprint density at radius 2 is 2.10 bits per heavy atom. The van der Waals surface area contributed by atoms with Gasteiger partial charge in [-0.3, -0.25) is 0 Å². The number of hydrogen-bond acceptors (Lipinski definition) is 2. The van der Waals surface area contributed by atoms with Gasteiger partial charge in [-0.25, -0.2) is 9.37 Å². The molecule has 0 aliphatic heterocycles. The van der Waals surface area contributed by atoms with E-state index in [4.69, 9.17) is 5.73 Å². The molecule has 21 heavy (non-hydrogen) atoms. The molecular weight excluding hydrogens is 448 g/mol. The first kappa shape index (κ1) is 14.8. The topological polar surface area (TPSA) is 43.8 Å². The highest BCUT2D eigenvalue weighted by molar-refractivity contribution is 14.1.